The smallest absolute Gasteiger partial charge is 0.233 e. The topological polar surface area (TPSA) is 84.6 Å². The molecule has 2 aliphatic rings. The molecule has 5 rings (SSSR count). The van der Waals surface area contributed by atoms with E-state index >= 15 is 0 Å². The first-order chi connectivity index (χ1) is 15.0. The number of anilines is 1. The van der Waals surface area contributed by atoms with E-state index in [1.54, 1.807) is 12.1 Å². The highest BCUT2D eigenvalue weighted by Gasteiger charge is 2.41. The number of carbonyl (C=O) groups excluding carboxylic acids is 1. The van der Waals surface area contributed by atoms with Gasteiger partial charge >= 0.3 is 0 Å². The van der Waals surface area contributed by atoms with Crippen molar-refractivity contribution >= 4 is 27.6 Å². The Kier molecular flexibility index (Phi) is 4.85. The highest BCUT2D eigenvalue weighted by molar-refractivity contribution is 9.10. The number of hydrogen-bond donors (Lipinski definition) is 2. The molecule has 1 aliphatic heterocycles. The second-order valence-corrected chi connectivity index (χ2v) is 8.89. The molecule has 3 aromatic rings. The standard InChI is InChI=1S/C24H21BrN2O4/c1-12-21-22(13-3-6-16(25)7-4-13)23-17(26-24(21)31-27-12)9-15(10-19(23)29)14-5-8-18(28)20(11-14)30-2/h3-8,11,15,22,26,28H,9-10H2,1-2H3/t15-,22-/m0/s1. The fourth-order valence-corrected chi connectivity index (χ4v) is 4.91. The molecule has 0 unspecified atom stereocenters. The van der Waals surface area contributed by atoms with E-state index in [1.807, 2.05) is 37.3 Å². The summed E-state index contributed by atoms with van der Waals surface area (Å²) in [7, 11) is 1.52. The molecule has 0 fully saturated rings. The third kappa shape index (κ3) is 3.33. The zero-order valence-electron chi connectivity index (χ0n) is 17.1. The van der Waals surface area contributed by atoms with Crippen LogP contribution in [0.2, 0.25) is 0 Å². The summed E-state index contributed by atoms with van der Waals surface area (Å²) in [5, 5.41) is 17.4. The molecule has 2 atom stereocenters. The summed E-state index contributed by atoms with van der Waals surface area (Å²) in [6.07, 6.45) is 1.04. The van der Waals surface area contributed by atoms with Gasteiger partial charge in [0.2, 0.25) is 5.88 Å². The van der Waals surface area contributed by atoms with Crippen molar-refractivity contribution < 1.29 is 19.2 Å². The number of benzene rings is 2. The van der Waals surface area contributed by atoms with Crippen LogP contribution in [0.15, 0.2) is 62.7 Å². The Bertz CT molecular complexity index is 1210. The number of rotatable bonds is 3. The Labute approximate surface area is 188 Å². The summed E-state index contributed by atoms with van der Waals surface area (Å²) in [5.74, 6) is 0.951. The van der Waals surface area contributed by atoms with Crippen LogP contribution in [0.25, 0.3) is 0 Å². The van der Waals surface area contributed by atoms with Gasteiger partial charge in [0, 0.05) is 28.1 Å². The van der Waals surface area contributed by atoms with Crippen LogP contribution in [0.3, 0.4) is 0 Å². The van der Waals surface area contributed by atoms with E-state index in [4.69, 9.17) is 9.26 Å². The molecular weight excluding hydrogens is 460 g/mol. The number of ketones is 1. The molecule has 2 aromatic carbocycles. The predicted molar refractivity (Wildman–Crippen MR) is 120 cm³/mol. The largest absolute Gasteiger partial charge is 0.504 e. The third-order valence-corrected chi connectivity index (χ3v) is 6.67. The van der Waals surface area contributed by atoms with Crippen LogP contribution < -0.4 is 10.1 Å². The van der Waals surface area contributed by atoms with Crippen LogP contribution in [0.1, 0.15) is 47.1 Å². The lowest BCUT2D eigenvalue weighted by Crippen LogP contribution is -2.29. The van der Waals surface area contributed by atoms with Crippen LogP contribution in [0, 0.1) is 6.92 Å². The normalized spacial score (nSPS) is 20.2. The van der Waals surface area contributed by atoms with E-state index in [0.717, 1.165) is 38.1 Å². The Morgan fingerprint density at radius 2 is 1.90 bits per heavy atom. The maximum absolute atomic E-state index is 13.5. The number of phenolic OH excluding ortho intramolecular Hbond substituents is 1. The van der Waals surface area contributed by atoms with Gasteiger partial charge in [-0.05, 0) is 54.7 Å². The molecule has 0 spiro atoms. The first-order valence-electron chi connectivity index (χ1n) is 10.1. The number of methoxy groups -OCH3 is 1. The highest BCUT2D eigenvalue weighted by atomic mass is 79.9. The van der Waals surface area contributed by atoms with E-state index in [2.05, 4.69) is 26.4 Å². The molecule has 6 nitrogen and oxygen atoms in total. The van der Waals surface area contributed by atoms with E-state index in [9.17, 15) is 9.90 Å². The lowest BCUT2D eigenvalue weighted by Gasteiger charge is -2.34. The summed E-state index contributed by atoms with van der Waals surface area (Å²) in [6, 6.07) is 13.3. The number of nitrogens with one attached hydrogen (secondary N) is 1. The molecule has 0 saturated heterocycles. The number of fused-ring (bicyclic) bond motifs is 1. The minimum absolute atomic E-state index is 0.0237. The van der Waals surface area contributed by atoms with Crippen molar-refractivity contribution in [3.8, 4) is 11.5 Å². The van der Waals surface area contributed by atoms with E-state index in [0.29, 0.717) is 24.5 Å². The maximum Gasteiger partial charge on any atom is 0.233 e. The number of aromatic hydroxyl groups is 1. The molecule has 0 amide bonds. The molecular formula is C24H21BrN2O4. The molecule has 1 aliphatic carbocycles. The Morgan fingerprint density at radius 1 is 1.16 bits per heavy atom. The number of aromatic nitrogens is 1. The van der Waals surface area contributed by atoms with Gasteiger partial charge in [0.05, 0.1) is 18.4 Å². The number of allylic oxidation sites excluding steroid dienone is 2. The average Bonchev–Trinajstić information content (AvgIpc) is 3.13. The van der Waals surface area contributed by atoms with Crippen LogP contribution in [0.5, 0.6) is 11.5 Å². The minimum atomic E-state index is -0.214. The first kappa shape index (κ1) is 19.9. The van der Waals surface area contributed by atoms with Crippen molar-refractivity contribution in [2.24, 2.45) is 0 Å². The first-order valence-corrected chi connectivity index (χ1v) is 10.9. The van der Waals surface area contributed by atoms with Crippen molar-refractivity contribution in [3.05, 3.63) is 80.6 Å². The average molecular weight is 481 g/mol. The number of nitrogens with zero attached hydrogens (tertiary/aromatic N) is 1. The second kappa shape index (κ2) is 7.57. The molecule has 7 heteroatoms. The van der Waals surface area contributed by atoms with Crippen LogP contribution in [-0.2, 0) is 4.79 Å². The summed E-state index contributed by atoms with van der Waals surface area (Å²) in [6.45, 7) is 1.90. The van der Waals surface area contributed by atoms with Crippen LogP contribution >= 0.6 is 15.9 Å². The van der Waals surface area contributed by atoms with Gasteiger partial charge < -0.3 is 19.7 Å². The number of aryl methyl sites for hydroxylation is 1. The zero-order chi connectivity index (χ0) is 21.7. The maximum atomic E-state index is 13.5. The zero-order valence-corrected chi connectivity index (χ0v) is 18.7. The molecule has 2 N–H and O–H groups in total. The Morgan fingerprint density at radius 3 is 2.65 bits per heavy atom. The van der Waals surface area contributed by atoms with Crippen LogP contribution in [0.4, 0.5) is 5.88 Å². The van der Waals surface area contributed by atoms with E-state index in [1.165, 1.54) is 7.11 Å². The van der Waals surface area contributed by atoms with Crippen LogP contribution in [-0.4, -0.2) is 23.2 Å². The summed E-state index contributed by atoms with van der Waals surface area (Å²) in [5.41, 5.74) is 5.33. The van der Waals surface area contributed by atoms with E-state index in [-0.39, 0.29) is 23.4 Å². The fourth-order valence-electron chi connectivity index (χ4n) is 4.64. The number of carbonyl (C=O) groups is 1. The SMILES string of the molecule is COc1cc([C@@H]2CC(=O)C3=C(C2)Nc2onc(C)c2[C@@H]3c2ccc(Br)cc2)ccc1O. The number of phenols is 1. The van der Waals surface area contributed by atoms with Crippen molar-refractivity contribution in [3.63, 3.8) is 0 Å². The second-order valence-electron chi connectivity index (χ2n) is 7.97. The molecule has 2 heterocycles. The Hall–Kier alpha value is -3.06. The van der Waals surface area contributed by atoms with Gasteiger partial charge in [-0.15, -0.1) is 0 Å². The van der Waals surface area contributed by atoms with Crippen molar-refractivity contribution in [2.45, 2.75) is 31.6 Å². The van der Waals surface area contributed by atoms with Crippen molar-refractivity contribution in [2.75, 3.05) is 12.4 Å². The van der Waals surface area contributed by atoms with Crippen molar-refractivity contribution in [1.82, 2.24) is 5.16 Å². The quantitative estimate of drug-likeness (QED) is 0.520. The lowest BCUT2D eigenvalue weighted by molar-refractivity contribution is -0.116. The third-order valence-electron chi connectivity index (χ3n) is 6.14. The molecule has 0 bridgehead atoms. The van der Waals surface area contributed by atoms with Gasteiger partial charge in [-0.1, -0.05) is 39.3 Å². The molecule has 0 radical (unpaired) electrons. The molecule has 1 aromatic heterocycles. The van der Waals surface area contributed by atoms with Gasteiger partial charge in [-0.25, -0.2) is 0 Å². The van der Waals surface area contributed by atoms with Gasteiger partial charge in [-0.3, -0.25) is 4.79 Å². The molecule has 0 saturated carbocycles. The highest BCUT2D eigenvalue weighted by Crippen LogP contribution is 2.49. The van der Waals surface area contributed by atoms with Crippen molar-refractivity contribution in [1.29, 1.82) is 0 Å². The van der Waals surface area contributed by atoms with Gasteiger partial charge in [0.15, 0.2) is 17.3 Å². The number of hydrogen-bond acceptors (Lipinski definition) is 6. The Balaban J connectivity index is 1.59. The summed E-state index contributed by atoms with van der Waals surface area (Å²) >= 11 is 3.49. The minimum Gasteiger partial charge on any atom is -0.504 e. The van der Waals surface area contributed by atoms with Gasteiger partial charge in [0.25, 0.3) is 0 Å². The van der Waals surface area contributed by atoms with E-state index < -0.39 is 0 Å². The fraction of sp³-hybridized carbons (Fsp3) is 0.250. The van der Waals surface area contributed by atoms with Gasteiger partial charge in [-0.2, -0.15) is 0 Å². The number of halogens is 1. The summed E-state index contributed by atoms with van der Waals surface area (Å²) < 4.78 is 11.8. The van der Waals surface area contributed by atoms with Gasteiger partial charge in [0.1, 0.15) is 0 Å². The molecule has 158 valence electrons. The number of ether oxygens (including phenoxy) is 1. The molecule has 31 heavy (non-hydrogen) atoms. The number of Topliss-reactive ketones (excluding diaryl/α,β-unsaturated/α-hetero) is 1. The lowest BCUT2D eigenvalue weighted by atomic mass is 9.72. The predicted octanol–water partition coefficient (Wildman–Crippen LogP) is 5.42. The summed E-state index contributed by atoms with van der Waals surface area (Å²) in [4.78, 5) is 13.5. The monoisotopic (exact) mass is 480 g/mol.